The van der Waals surface area contributed by atoms with Crippen molar-refractivity contribution in [1.29, 1.82) is 0 Å². The van der Waals surface area contributed by atoms with E-state index in [4.69, 9.17) is 10.8 Å². The highest BCUT2D eigenvalue weighted by Crippen LogP contribution is 2.32. The molecule has 0 aliphatic heterocycles. The summed E-state index contributed by atoms with van der Waals surface area (Å²) in [7, 11) is 3.15. The van der Waals surface area contributed by atoms with Gasteiger partial charge < -0.3 is 15.8 Å². The van der Waals surface area contributed by atoms with Crippen LogP contribution < -0.4 is 11.1 Å². The van der Waals surface area contributed by atoms with E-state index in [0.29, 0.717) is 28.2 Å². The second kappa shape index (κ2) is 7.48. The predicted octanol–water partition coefficient (Wildman–Crippen LogP) is 2.04. The molecule has 4 rings (SSSR count). The molecule has 1 atom stereocenters. The molecule has 0 saturated heterocycles. The van der Waals surface area contributed by atoms with E-state index in [-0.39, 0.29) is 5.95 Å². The van der Waals surface area contributed by atoms with Crippen LogP contribution in [0.5, 0.6) is 0 Å². The number of fused-ring (bicyclic) bond motifs is 2. The summed E-state index contributed by atoms with van der Waals surface area (Å²) in [5.41, 5.74) is 11.5. The predicted molar refractivity (Wildman–Crippen MR) is 119 cm³/mol. The molecule has 2 amide bonds. The number of carboxylic acid groups (broad SMARTS) is 1. The van der Waals surface area contributed by atoms with E-state index >= 15 is 0 Å². The van der Waals surface area contributed by atoms with Gasteiger partial charge in [0.15, 0.2) is 0 Å². The number of carbonyl (C=O) groups excluding carboxylic acids is 1. The molecule has 0 spiro atoms. The van der Waals surface area contributed by atoms with Crippen molar-refractivity contribution in [1.82, 2.24) is 34.6 Å². The minimum atomic E-state index is -1.21. The molecule has 32 heavy (non-hydrogen) atoms. The van der Waals surface area contributed by atoms with Crippen LogP contribution in [0.25, 0.3) is 33.3 Å². The number of amides is 2. The largest absolute Gasteiger partial charge is 0.465 e. The first-order valence-corrected chi connectivity index (χ1v) is 9.81. The standard InChI is InChI=1S/C20H23N9O3/c1-8-14-17(29(5)27-8)15(23-10(3)22-14)11-6-12(21)16-13(7-11)24-19(25-16)26-18(30)9(2)28(4)20(31)32/h6-7,9H,21H2,1-5H3,(H,31,32)(H2,24,25,26,30). The van der Waals surface area contributed by atoms with Crippen molar-refractivity contribution < 1.29 is 14.7 Å². The lowest BCUT2D eigenvalue weighted by Gasteiger charge is -2.20. The number of anilines is 2. The van der Waals surface area contributed by atoms with Crippen LogP contribution in [0, 0.1) is 13.8 Å². The molecule has 0 saturated carbocycles. The van der Waals surface area contributed by atoms with Gasteiger partial charge in [-0.1, -0.05) is 0 Å². The summed E-state index contributed by atoms with van der Waals surface area (Å²) in [6.07, 6.45) is -1.21. The number of hydrogen-bond donors (Lipinski definition) is 4. The Balaban J connectivity index is 1.76. The van der Waals surface area contributed by atoms with Gasteiger partial charge in [-0.3, -0.25) is 19.7 Å². The van der Waals surface area contributed by atoms with Gasteiger partial charge in [0, 0.05) is 19.7 Å². The lowest BCUT2D eigenvalue weighted by atomic mass is 10.1. The maximum absolute atomic E-state index is 12.4. The molecular formula is C20H23N9O3. The molecule has 0 bridgehead atoms. The van der Waals surface area contributed by atoms with Crippen LogP contribution in [0.3, 0.4) is 0 Å². The Morgan fingerprint density at radius 3 is 2.66 bits per heavy atom. The number of rotatable bonds is 4. The van der Waals surface area contributed by atoms with Crippen LogP contribution in [0.4, 0.5) is 16.4 Å². The Morgan fingerprint density at radius 1 is 1.25 bits per heavy atom. The number of benzene rings is 1. The summed E-state index contributed by atoms with van der Waals surface area (Å²) in [5.74, 6) is 0.250. The highest BCUT2D eigenvalue weighted by molar-refractivity contribution is 6.00. The van der Waals surface area contributed by atoms with Gasteiger partial charge in [0.05, 0.1) is 22.4 Å². The van der Waals surface area contributed by atoms with E-state index in [1.54, 1.807) is 10.7 Å². The maximum Gasteiger partial charge on any atom is 0.407 e. The van der Waals surface area contributed by atoms with Gasteiger partial charge in [-0.15, -0.1) is 0 Å². The summed E-state index contributed by atoms with van der Waals surface area (Å²) in [5, 5.41) is 16.1. The third kappa shape index (κ3) is 3.45. The fourth-order valence-electron chi connectivity index (χ4n) is 3.55. The zero-order chi connectivity index (χ0) is 23.3. The average Bonchev–Trinajstić information content (AvgIpc) is 3.26. The van der Waals surface area contributed by atoms with Crippen molar-refractivity contribution in [2.75, 3.05) is 18.1 Å². The zero-order valence-corrected chi connectivity index (χ0v) is 18.3. The summed E-state index contributed by atoms with van der Waals surface area (Å²) in [6, 6.07) is 2.68. The van der Waals surface area contributed by atoms with Gasteiger partial charge in [0.25, 0.3) is 0 Å². The highest BCUT2D eigenvalue weighted by Gasteiger charge is 2.23. The zero-order valence-electron chi connectivity index (χ0n) is 18.3. The third-order valence-corrected chi connectivity index (χ3v) is 5.36. The monoisotopic (exact) mass is 437 g/mol. The molecule has 5 N–H and O–H groups in total. The first-order valence-electron chi connectivity index (χ1n) is 9.81. The van der Waals surface area contributed by atoms with Crippen LogP contribution in [0.1, 0.15) is 18.4 Å². The smallest absolute Gasteiger partial charge is 0.407 e. The van der Waals surface area contributed by atoms with Crippen LogP contribution in [-0.2, 0) is 11.8 Å². The topological polar surface area (TPSA) is 168 Å². The van der Waals surface area contributed by atoms with Crippen LogP contribution in [0.15, 0.2) is 12.1 Å². The van der Waals surface area contributed by atoms with E-state index in [2.05, 4.69) is 30.4 Å². The molecule has 166 valence electrons. The number of nitrogens with two attached hydrogens (primary N) is 1. The van der Waals surface area contributed by atoms with Crippen molar-refractivity contribution in [3.05, 3.63) is 23.7 Å². The fraction of sp³-hybridized carbons (Fsp3) is 0.300. The summed E-state index contributed by atoms with van der Waals surface area (Å²) >= 11 is 0. The molecule has 0 radical (unpaired) electrons. The molecule has 0 fully saturated rings. The first-order chi connectivity index (χ1) is 15.1. The molecule has 4 aromatic rings. The number of hydrogen-bond acceptors (Lipinski definition) is 7. The summed E-state index contributed by atoms with van der Waals surface area (Å²) in [6.45, 7) is 5.19. The van der Waals surface area contributed by atoms with Gasteiger partial charge in [-0.25, -0.2) is 19.7 Å². The van der Waals surface area contributed by atoms with Crippen LogP contribution in [-0.4, -0.2) is 64.8 Å². The SMILES string of the molecule is Cc1nc(-c2cc(N)c3[nH]c(NC(=O)C(C)N(C)C(=O)O)nc3c2)c2c(n1)c(C)nn2C. The lowest BCUT2D eigenvalue weighted by Crippen LogP contribution is -2.42. The quantitative estimate of drug-likeness (QED) is 0.352. The molecule has 3 aromatic heterocycles. The molecule has 3 heterocycles. The first kappa shape index (κ1) is 21.0. The Labute approximate surface area is 182 Å². The second-order valence-electron chi connectivity index (χ2n) is 7.63. The number of imidazole rings is 1. The molecule has 1 aromatic carbocycles. The number of aromatic nitrogens is 6. The van der Waals surface area contributed by atoms with Gasteiger partial charge >= 0.3 is 6.09 Å². The van der Waals surface area contributed by atoms with Crippen molar-refractivity contribution in [2.45, 2.75) is 26.8 Å². The Bertz CT molecular complexity index is 1390. The number of nitrogen functional groups attached to an aromatic ring is 1. The molecule has 12 heteroatoms. The Hall–Kier alpha value is -4.22. The number of aromatic amines is 1. The maximum atomic E-state index is 12.4. The average molecular weight is 437 g/mol. The van der Waals surface area contributed by atoms with Gasteiger partial charge in [-0.05, 0) is 32.9 Å². The van der Waals surface area contributed by atoms with Crippen LogP contribution in [0.2, 0.25) is 0 Å². The van der Waals surface area contributed by atoms with E-state index < -0.39 is 18.0 Å². The number of nitrogens with zero attached hydrogens (tertiary/aromatic N) is 6. The van der Waals surface area contributed by atoms with Gasteiger partial charge in [0.2, 0.25) is 11.9 Å². The molecule has 0 aliphatic carbocycles. The molecule has 0 aliphatic rings. The van der Waals surface area contributed by atoms with Crippen LogP contribution >= 0.6 is 0 Å². The highest BCUT2D eigenvalue weighted by atomic mass is 16.4. The summed E-state index contributed by atoms with van der Waals surface area (Å²) in [4.78, 5) is 40.9. The molecular weight excluding hydrogens is 414 g/mol. The summed E-state index contributed by atoms with van der Waals surface area (Å²) < 4.78 is 1.73. The Morgan fingerprint density at radius 2 is 1.97 bits per heavy atom. The molecule has 12 nitrogen and oxygen atoms in total. The number of aryl methyl sites for hydroxylation is 3. The van der Waals surface area contributed by atoms with E-state index in [1.807, 2.05) is 27.0 Å². The number of H-pyrrole nitrogens is 1. The normalized spacial score (nSPS) is 12.3. The molecule has 1 unspecified atom stereocenters. The lowest BCUT2D eigenvalue weighted by molar-refractivity contribution is -0.119. The van der Waals surface area contributed by atoms with Gasteiger partial charge in [0.1, 0.15) is 28.6 Å². The van der Waals surface area contributed by atoms with Crippen molar-refractivity contribution in [2.24, 2.45) is 7.05 Å². The van der Waals surface area contributed by atoms with Crippen molar-refractivity contribution in [3.63, 3.8) is 0 Å². The van der Waals surface area contributed by atoms with E-state index in [9.17, 15) is 9.59 Å². The number of carbonyl (C=O) groups is 2. The third-order valence-electron chi connectivity index (χ3n) is 5.36. The Kier molecular flexibility index (Phi) is 4.92. The van der Waals surface area contributed by atoms with Crippen molar-refractivity contribution in [3.8, 4) is 11.3 Å². The van der Waals surface area contributed by atoms with E-state index in [1.165, 1.54) is 14.0 Å². The minimum Gasteiger partial charge on any atom is -0.465 e. The van der Waals surface area contributed by atoms with Gasteiger partial charge in [-0.2, -0.15) is 5.10 Å². The number of likely N-dealkylation sites (N-methyl/N-ethyl adjacent to an activating group) is 1. The van der Waals surface area contributed by atoms with E-state index in [0.717, 1.165) is 27.2 Å². The minimum absolute atomic E-state index is 0.167. The second-order valence-corrected chi connectivity index (χ2v) is 7.63. The fourth-order valence-corrected chi connectivity index (χ4v) is 3.55. The number of nitrogens with one attached hydrogen (secondary N) is 2. The van der Waals surface area contributed by atoms with Crippen molar-refractivity contribution >= 4 is 45.7 Å².